The fourth-order valence-electron chi connectivity index (χ4n) is 2.78. The van der Waals surface area contributed by atoms with Gasteiger partial charge in [-0.1, -0.05) is 30.3 Å². The number of nitrogens with zero attached hydrogens (tertiary/aromatic N) is 1. The summed E-state index contributed by atoms with van der Waals surface area (Å²) in [5.41, 5.74) is 1.12. The molecule has 0 aliphatic carbocycles. The Balaban J connectivity index is 1.84. The lowest BCUT2D eigenvalue weighted by Crippen LogP contribution is -2.33. The third kappa shape index (κ3) is 4.71. The standard InChI is InChI=1S/C21H18BrNO5S/c1-3-28-17-10-13(9-15(22)19(17)27-2)11-18-20(25)23(21(26)29-18)12-16(24)14-7-5-4-6-8-14/h4-11H,3,12H2,1-2H3. The first kappa shape index (κ1) is 21.1. The molecule has 1 aliphatic heterocycles. The van der Waals surface area contributed by atoms with Gasteiger partial charge >= 0.3 is 0 Å². The SMILES string of the molecule is CCOc1cc(C=C2SC(=O)N(CC(=O)c3ccccc3)C2=O)cc(Br)c1OC. The Morgan fingerprint density at radius 1 is 1.21 bits per heavy atom. The van der Waals surface area contributed by atoms with Gasteiger partial charge in [0.2, 0.25) is 0 Å². The molecule has 0 saturated carbocycles. The lowest BCUT2D eigenvalue weighted by Gasteiger charge is -2.12. The molecule has 0 atom stereocenters. The molecule has 3 rings (SSSR count). The first-order valence-corrected chi connectivity index (χ1v) is 10.4. The quantitative estimate of drug-likeness (QED) is 0.423. The van der Waals surface area contributed by atoms with E-state index in [1.807, 2.05) is 6.92 Å². The first-order chi connectivity index (χ1) is 13.9. The minimum atomic E-state index is -0.491. The summed E-state index contributed by atoms with van der Waals surface area (Å²) in [4.78, 5) is 38.6. The van der Waals surface area contributed by atoms with Crippen molar-refractivity contribution >= 4 is 50.7 Å². The number of hydrogen-bond donors (Lipinski definition) is 0. The predicted molar refractivity (Wildman–Crippen MR) is 115 cm³/mol. The van der Waals surface area contributed by atoms with E-state index in [-0.39, 0.29) is 17.2 Å². The fraction of sp³-hybridized carbons (Fsp3) is 0.190. The van der Waals surface area contributed by atoms with Crippen LogP contribution in [0.5, 0.6) is 11.5 Å². The minimum absolute atomic E-state index is 0.246. The highest BCUT2D eigenvalue weighted by molar-refractivity contribution is 9.10. The molecule has 0 N–H and O–H groups in total. The number of rotatable bonds is 7. The van der Waals surface area contributed by atoms with Crippen LogP contribution in [-0.2, 0) is 4.79 Å². The Morgan fingerprint density at radius 2 is 1.93 bits per heavy atom. The van der Waals surface area contributed by atoms with Crippen molar-refractivity contribution in [3.05, 3.63) is 63.0 Å². The van der Waals surface area contributed by atoms with Crippen LogP contribution in [0.1, 0.15) is 22.8 Å². The number of Topliss-reactive ketones (excluding diaryl/α,β-unsaturated/α-hetero) is 1. The van der Waals surface area contributed by atoms with Crippen LogP contribution in [0.2, 0.25) is 0 Å². The van der Waals surface area contributed by atoms with Crippen LogP contribution < -0.4 is 9.47 Å². The van der Waals surface area contributed by atoms with Gasteiger partial charge in [0.15, 0.2) is 17.3 Å². The van der Waals surface area contributed by atoms with E-state index in [1.165, 1.54) is 7.11 Å². The van der Waals surface area contributed by atoms with Crippen LogP contribution in [-0.4, -0.2) is 42.1 Å². The molecule has 2 amide bonds. The first-order valence-electron chi connectivity index (χ1n) is 8.78. The molecule has 1 aliphatic rings. The predicted octanol–water partition coefficient (Wildman–Crippen LogP) is 4.78. The Hall–Kier alpha value is -2.58. The molecule has 0 radical (unpaired) electrons. The molecule has 0 bridgehead atoms. The van der Waals surface area contributed by atoms with Crippen LogP contribution in [0.3, 0.4) is 0 Å². The van der Waals surface area contributed by atoms with E-state index in [0.29, 0.717) is 33.7 Å². The number of ether oxygens (including phenoxy) is 2. The molecule has 6 nitrogen and oxygen atoms in total. The number of carbonyl (C=O) groups is 3. The number of ketones is 1. The topological polar surface area (TPSA) is 72.9 Å². The number of thioether (sulfide) groups is 1. The number of imide groups is 1. The number of carbonyl (C=O) groups excluding carboxylic acids is 3. The molecule has 150 valence electrons. The number of benzene rings is 2. The van der Waals surface area contributed by atoms with E-state index in [2.05, 4.69) is 15.9 Å². The van der Waals surface area contributed by atoms with Crippen LogP contribution in [0.4, 0.5) is 4.79 Å². The average Bonchev–Trinajstić information content (AvgIpc) is 2.96. The third-order valence-corrected chi connectivity index (χ3v) is 5.60. The molecular formula is C21H18BrNO5S. The second-order valence-corrected chi connectivity index (χ2v) is 7.87. The minimum Gasteiger partial charge on any atom is -0.492 e. The molecule has 8 heteroatoms. The van der Waals surface area contributed by atoms with E-state index in [1.54, 1.807) is 48.5 Å². The molecule has 1 fully saturated rings. The van der Waals surface area contributed by atoms with Crippen LogP contribution in [0, 0.1) is 0 Å². The number of methoxy groups -OCH3 is 1. The summed E-state index contributed by atoms with van der Waals surface area (Å²) in [5.74, 6) is 0.286. The van der Waals surface area contributed by atoms with Gasteiger partial charge in [0.1, 0.15) is 0 Å². The van der Waals surface area contributed by atoms with Gasteiger partial charge in [-0.25, -0.2) is 0 Å². The third-order valence-electron chi connectivity index (χ3n) is 4.10. The van der Waals surface area contributed by atoms with E-state index in [4.69, 9.17) is 9.47 Å². The molecule has 0 unspecified atom stereocenters. The molecule has 29 heavy (non-hydrogen) atoms. The highest BCUT2D eigenvalue weighted by atomic mass is 79.9. The Bertz CT molecular complexity index is 990. The number of halogens is 1. The molecule has 2 aromatic rings. The summed E-state index contributed by atoms with van der Waals surface area (Å²) in [6.45, 7) is 2.02. The van der Waals surface area contributed by atoms with Crippen molar-refractivity contribution in [3.63, 3.8) is 0 Å². The second-order valence-electron chi connectivity index (χ2n) is 6.02. The molecule has 0 aromatic heterocycles. The van der Waals surface area contributed by atoms with Gasteiger partial charge in [-0.05, 0) is 58.4 Å². The lowest BCUT2D eigenvalue weighted by molar-refractivity contribution is -0.122. The smallest absolute Gasteiger partial charge is 0.293 e. The van der Waals surface area contributed by atoms with Crippen molar-refractivity contribution in [2.45, 2.75) is 6.92 Å². The summed E-state index contributed by atoms with van der Waals surface area (Å²) in [6.07, 6.45) is 1.60. The molecular weight excluding hydrogens is 458 g/mol. The van der Waals surface area contributed by atoms with Gasteiger partial charge < -0.3 is 9.47 Å². The number of amides is 2. The van der Waals surface area contributed by atoms with Crippen molar-refractivity contribution in [1.29, 1.82) is 0 Å². The molecule has 2 aromatic carbocycles. The summed E-state index contributed by atoms with van der Waals surface area (Å²) in [5, 5.41) is -0.469. The van der Waals surface area contributed by atoms with Crippen molar-refractivity contribution in [2.24, 2.45) is 0 Å². The van der Waals surface area contributed by atoms with E-state index < -0.39 is 11.1 Å². The zero-order chi connectivity index (χ0) is 21.0. The van der Waals surface area contributed by atoms with Gasteiger partial charge in [0.05, 0.1) is 29.6 Å². The lowest BCUT2D eigenvalue weighted by atomic mass is 10.1. The van der Waals surface area contributed by atoms with Crippen molar-refractivity contribution < 1.29 is 23.9 Å². The normalized spacial score (nSPS) is 15.1. The molecule has 1 saturated heterocycles. The second kappa shape index (κ2) is 9.28. The summed E-state index contributed by atoms with van der Waals surface area (Å²) in [6, 6.07) is 12.1. The highest BCUT2D eigenvalue weighted by Gasteiger charge is 2.36. The van der Waals surface area contributed by atoms with Crippen LogP contribution >= 0.6 is 27.7 Å². The number of hydrogen-bond acceptors (Lipinski definition) is 6. The Labute approximate surface area is 181 Å². The average molecular weight is 476 g/mol. The van der Waals surface area contributed by atoms with Gasteiger partial charge in [-0.3, -0.25) is 19.3 Å². The van der Waals surface area contributed by atoms with Crippen molar-refractivity contribution in [2.75, 3.05) is 20.3 Å². The maximum Gasteiger partial charge on any atom is 0.293 e. The van der Waals surface area contributed by atoms with Gasteiger partial charge in [0.25, 0.3) is 11.1 Å². The van der Waals surface area contributed by atoms with E-state index in [9.17, 15) is 14.4 Å². The van der Waals surface area contributed by atoms with Crippen LogP contribution in [0.25, 0.3) is 6.08 Å². The zero-order valence-corrected chi connectivity index (χ0v) is 18.2. The summed E-state index contributed by atoms with van der Waals surface area (Å²) >= 11 is 4.23. The van der Waals surface area contributed by atoms with Crippen molar-refractivity contribution in [3.8, 4) is 11.5 Å². The monoisotopic (exact) mass is 475 g/mol. The van der Waals surface area contributed by atoms with Gasteiger partial charge in [-0.15, -0.1) is 0 Å². The van der Waals surface area contributed by atoms with Gasteiger partial charge in [-0.2, -0.15) is 0 Å². The van der Waals surface area contributed by atoms with Gasteiger partial charge in [0, 0.05) is 5.56 Å². The van der Waals surface area contributed by atoms with E-state index >= 15 is 0 Å². The largest absolute Gasteiger partial charge is 0.492 e. The van der Waals surface area contributed by atoms with E-state index in [0.717, 1.165) is 16.7 Å². The summed E-state index contributed by atoms with van der Waals surface area (Å²) < 4.78 is 11.6. The molecule has 0 spiro atoms. The summed E-state index contributed by atoms with van der Waals surface area (Å²) in [7, 11) is 1.54. The molecule has 1 heterocycles. The highest BCUT2D eigenvalue weighted by Crippen LogP contribution is 2.39. The maximum atomic E-state index is 12.7. The fourth-order valence-corrected chi connectivity index (χ4v) is 4.24. The van der Waals surface area contributed by atoms with Crippen LogP contribution in [0.15, 0.2) is 51.8 Å². The van der Waals surface area contributed by atoms with Crippen molar-refractivity contribution in [1.82, 2.24) is 4.90 Å². The Kier molecular flexibility index (Phi) is 6.76. The maximum absolute atomic E-state index is 12.7. The Morgan fingerprint density at radius 3 is 2.59 bits per heavy atom. The zero-order valence-electron chi connectivity index (χ0n) is 15.8.